The van der Waals surface area contributed by atoms with E-state index in [2.05, 4.69) is 10.6 Å². The van der Waals surface area contributed by atoms with Gasteiger partial charge in [-0.3, -0.25) is 4.79 Å². The second kappa shape index (κ2) is 8.32. The molecule has 7 heteroatoms. The van der Waals surface area contributed by atoms with Gasteiger partial charge in [-0.15, -0.1) is 0 Å². The van der Waals surface area contributed by atoms with Crippen LogP contribution in [0, 0.1) is 6.92 Å². The van der Waals surface area contributed by atoms with Crippen molar-refractivity contribution in [1.29, 1.82) is 0 Å². The fourth-order valence-electron chi connectivity index (χ4n) is 2.27. The van der Waals surface area contributed by atoms with Gasteiger partial charge in [0.2, 0.25) is 5.91 Å². The Balaban J connectivity index is 2.14. The molecule has 134 valence electrons. The lowest BCUT2D eigenvalue weighted by molar-refractivity contribution is -0.116. The number of hydrogen-bond acceptors (Lipinski definition) is 4. The summed E-state index contributed by atoms with van der Waals surface area (Å²) >= 11 is 12.0. The molecular weight excluding hydrogens is 363 g/mol. The molecular formula is C18H20Cl2N2O3. The summed E-state index contributed by atoms with van der Waals surface area (Å²) in [6, 6.07) is 8.04. The fourth-order valence-corrected chi connectivity index (χ4v) is 2.61. The van der Waals surface area contributed by atoms with Crippen molar-refractivity contribution < 1.29 is 14.3 Å². The first kappa shape index (κ1) is 19.2. The van der Waals surface area contributed by atoms with Gasteiger partial charge in [-0.25, -0.2) is 0 Å². The maximum Gasteiger partial charge on any atom is 0.246 e. The van der Waals surface area contributed by atoms with E-state index in [0.717, 1.165) is 11.3 Å². The van der Waals surface area contributed by atoms with Crippen molar-refractivity contribution in [3.8, 4) is 11.5 Å². The van der Waals surface area contributed by atoms with Crippen LogP contribution in [0.4, 0.5) is 11.4 Å². The summed E-state index contributed by atoms with van der Waals surface area (Å²) in [5.74, 6) is 0.979. The number of benzene rings is 2. The molecule has 25 heavy (non-hydrogen) atoms. The van der Waals surface area contributed by atoms with Gasteiger partial charge >= 0.3 is 0 Å². The maximum absolute atomic E-state index is 12.4. The third kappa shape index (κ3) is 4.71. The Morgan fingerprint density at radius 1 is 1.04 bits per heavy atom. The van der Waals surface area contributed by atoms with E-state index in [1.54, 1.807) is 45.4 Å². The number of anilines is 2. The molecule has 0 aliphatic rings. The number of ether oxygens (including phenoxy) is 2. The number of methoxy groups -OCH3 is 2. The summed E-state index contributed by atoms with van der Waals surface area (Å²) in [6.45, 7) is 3.67. The standard InChI is InChI=1S/C18H20Cl2N2O3/c1-10-7-16(24-3)17(25-4)9-14(10)21-11(2)18(23)22-15-8-12(19)5-6-13(15)20/h5-9,11,21H,1-4H3,(H,22,23)/t11-/m1/s1. The molecule has 0 saturated carbocycles. The minimum Gasteiger partial charge on any atom is -0.493 e. The van der Waals surface area contributed by atoms with Crippen LogP contribution in [0.3, 0.4) is 0 Å². The lowest BCUT2D eigenvalue weighted by Crippen LogP contribution is -2.32. The first-order valence-corrected chi connectivity index (χ1v) is 8.36. The molecule has 1 amide bonds. The van der Waals surface area contributed by atoms with Crippen LogP contribution in [0.15, 0.2) is 30.3 Å². The Hall–Kier alpha value is -2.11. The Kier molecular flexibility index (Phi) is 6.39. The zero-order chi connectivity index (χ0) is 18.6. The van der Waals surface area contributed by atoms with E-state index in [1.165, 1.54) is 0 Å². The second-order valence-electron chi connectivity index (χ2n) is 5.50. The van der Waals surface area contributed by atoms with Gasteiger partial charge in [0.1, 0.15) is 6.04 Å². The Morgan fingerprint density at radius 3 is 2.32 bits per heavy atom. The van der Waals surface area contributed by atoms with Crippen molar-refractivity contribution in [1.82, 2.24) is 0 Å². The van der Waals surface area contributed by atoms with Crippen molar-refractivity contribution in [2.24, 2.45) is 0 Å². The van der Waals surface area contributed by atoms with Gasteiger partial charge in [-0.05, 0) is 43.7 Å². The Morgan fingerprint density at radius 2 is 1.68 bits per heavy atom. The summed E-state index contributed by atoms with van der Waals surface area (Å²) < 4.78 is 10.6. The molecule has 1 atom stereocenters. The quantitative estimate of drug-likeness (QED) is 0.755. The molecule has 0 heterocycles. The van der Waals surface area contributed by atoms with Crippen LogP contribution in [0.5, 0.6) is 11.5 Å². The number of hydrogen-bond donors (Lipinski definition) is 2. The highest BCUT2D eigenvalue weighted by molar-refractivity contribution is 6.35. The van der Waals surface area contributed by atoms with E-state index in [4.69, 9.17) is 32.7 Å². The van der Waals surface area contributed by atoms with Crippen LogP contribution in [0.2, 0.25) is 10.0 Å². The fraction of sp³-hybridized carbons (Fsp3) is 0.278. The lowest BCUT2D eigenvalue weighted by atomic mass is 10.1. The van der Waals surface area contributed by atoms with Crippen LogP contribution < -0.4 is 20.1 Å². The smallest absolute Gasteiger partial charge is 0.246 e. The molecule has 0 fully saturated rings. The molecule has 0 radical (unpaired) electrons. The molecule has 0 saturated heterocycles. The third-order valence-corrected chi connectivity index (χ3v) is 4.25. The van der Waals surface area contributed by atoms with Crippen LogP contribution in [-0.2, 0) is 4.79 Å². The van der Waals surface area contributed by atoms with E-state index in [-0.39, 0.29) is 5.91 Å². The van der Waals surface area contributed by atoms with Gasteiger partial charge in [-0.2, -0.15) is 0 Å². The topological polar surface area (TPSA) is 59.6 Å². The van der Waals surface area contributed by atoms with Gasteiger partial charge in [-0.1, -0.05) is 23.2 Å². The van der Waals surface area contributed by atoms with E-state index in [1.807, 2.05) is 13.0 Å². The number of amides is 1. The van der Waals surface area contributed by atoms with Crippen LogP contribution >= 0.6 is 23.2 Å². The molecule has 2 aromatic carbocycles. The van der Waals surface area contributed by atoms with Gasteiger partial charge in [0.15, 0.2) is 11.5 Å². The Labute approximate surface area is 157 Å². The van der Waals surface area contributed by atoms with Crippen molar-refractivity contribution in [2.75, 3.05) is 24.9 Å². The zero-order valence-electron chi connectivity index (χ0n) is 14.4. The monoisotopic (exact) mass is 382 g/mol. The van der Waals surface area contributed by atoms with Crippen molar-refractivity contribution in [2.45, 2.75) is 19.9 Å². The summed E-state index contributed by atoms with van der Waals surface area (Å²) in [5.41, 5.74) is 2.17. The average Bonchev–Trinajstić information content (AvgIpc) is 2.59. The summed E-state index contributed by atoms with van der Waals surface area (Å²) in [4.78, 5) is 12.4. The molecule has 5 nitrogen and oxygen atoms in total. The highest BCUT2D eigenvalue weighted by atomic mass is 35.5. The predicted octanol–water partition coefficient (Wildman–Crippen LogP) is 4.76. The Bertz CT molecular complexity index is 781. The highest BCUT2D eigenvalue weighted by Crippen LogP contribution is 2.33. The molecule has 2 N–H and O–H groups in total. The van der Waals surface area contributed by atoms with Gasteiger partial charge in [0.25, 0.3) is 0 Å². The molecule has 0 bridgehead atoms. The summed E-state index contributed by atoms with van der Waals surface area (Å²) in [7, 11) is 3.14. The average molecular weight is 383 g/mol. The van der Waals surface area contributed by atoms with Gasteiger partial charge in [0, 0.05) is 16.8 Å². The molecule has 0 unspecified atom stereocenters. The molecule has 0 aliphatic heterocycles. The van der Waals surface area contributed by atoms with E-state index >= 15 is 0 Å². The van der Waals surface area contributed by atoms with E-state index in [0.29, 0.717) is 27.2 Å². The van der Waals surface area contributed by atoms with Crippen molar-refractivity contribution in [3.63, 3.8) is 0 Å². The number of rotatable bonds is 6. The van der Waals surface area contributed by atoms with Crippen molar-refractivity contribution in [3.05, 3.63) is 45.9 Å². The number of carbonyl (C=O) groups is 1. The molecule has 2 aromatic rings. The summed E-state index contributed by atoms with van der Waals surface area (Å²) in [5, 5.41) is 6.85. The van der Waals surface area contributed by atoms with Crippen LogP contribution in [0.1, 0.15) is 12.5 Å². The van der Waals surface area contributed by atoms with Crippen LogP contribution in [0.25, 0.3) is 0 Å². The molecule has 2 rings (SSSR count). The van der Waals surface area contributed by atoms with E-state index in [9.17, 15) is 4.79 Å². The van der Waals surface area contributed by atoms with E-state index < -0.39 is 6.04 Å². The van der Waals surface area contributed by atoms with Crippen molar-refractivity contribution >= 4 is 40.5 Å². The molecule has 0 aliphatic carbocycles. The number of aryl methyl sites for hydroxylation is 1. The lowest BCUT2D eigenvalue weighted by Gasteiger charge is -2.19. The van der Waals surface area contributed by atoms with Gasteiger partial charge in [0.05, 0.1) is 24.9 Å². The zero-order valence-corrected chi connectivity index (χ0v) is 16.0. The highest BCUT2D eigenvalue weighted by Gasteiger charge is 2.17. The largest absolute Gasteiger partial charge is 0.493 e. The number of carbonyl (C=O) groups excluding carboxylic acids is 1. The second-order valence-corrected chi connectivity index (χ2v) is 6.35. The first-order valence-electron chi connectivity index (χ1n) is 7.60. The first-order chi connectivity index (χ1) is 11.8. The van der Waals surface area contributed by atoms with Gasteiger partial charge < -0.3 is 20.1 Å². The molecule has 0 aromatic heterocycles. The molecule has 0 spiro atoms. The third-order valence-electron chi connectivity index (χ3n) is 3.68. The maximum atomic E-state index is 12.4. The minimum atomic E-state index is -0.508. The minimum absolute atomic E-state index is 0.238. The predicted molar refractivity (Wildman–Crippen MR) is 102 cm³/mol. The number of halogens is 2. The summed E-state index contributed by atoms with van der Waals surface area (Å²) in [6.07, 6.45) is 0. The number of nitrogens with one attached hydrogen (secondary N) is 2. The van der Waals surface area contributed by atoms with Crippen LogP contribution in [-0.4, -0.2) is 26.2 Å². The normalized spacial score (nSPS) is 11.6. The SMILES string of the molecule is COc1cc(C)c(N[C@H](C)C(=O)Nc2cc(Cl)ccc2Cl)cc1OC.